The molecule has 0 unspecified atom stereocenters. The van der Waals surface area contributed by atoms with Crippen molar-refractivity contribution in [1.82, 2.24) is 5.32 Å². The van der Waals surface area contributed by atoms with Crippen molar-refractivity contribution in [1.29, 1.82) is 5.41 Å². The van der Waals surface area contributed by atoms with E-state index in [1.54, 1.807) is 6.07 Å². The summed E-state index contributed by atoms with van der Waals surface area (Å²) < 4.78 is 1.84. The quantitative estimate of drug-likeness (QED) is 0.464. The number of rotatable bonds is 5. The third-order valence-electron chi connectivity index (χ3n) is 3.07. The molecule has 2 rings (SSSR count). The number of hydrogen-bond donors (Lipinski definition) is 3. The van der Waals surface area contributed by atoms with Gasteiger partial charge < -0.3 is 11.1 Å². The summed E-state index contributed by atoms with van der Waals surface area (Å²) in [4.78, 5) is 12.5. The minimum Gasteiger partial charge on any atom is -0.379 e. The topological polar surface area (TPSA) is 79.0 Å². The van der Waals surface area contributed by atoms with E-state index in [4.69, 9.17) is 11.1 Å². The van der Waals surface area contributed by atoms with E-state index in [2.05, 4.69) is 37.2 Å². The van der Waals surface area contributed by atoms with Crippen molar-refractivity contribution in [3.05, 3.63) is 68.1 Å². The van der Waals surface area contributed by atoms with Crippen LogP contribution in [0.3, 0.4) is 0 Å². The number of hydrogen-bond acceptors (Lipinski definition) is 3. The lowest BCUT2D eigenvalue weighted by atomic mass is 10.1. The highest BCUT2D eigenvalue weighted by Gasteiger charge is 2.12. The molecule has 4 nitrogen and oxygen atoms in total. The van der Waals surface area contributed by atoms with Gasteiger partial charge in [-0.3, -0.25) is 10.2 Å². The first-order valence-corrected chi connectivity index (χ1v) is 9.31. The van der Waals surface area contributed by atoms with Gasteiger partial charge in [0.05, 0.1) is 0 Å². The Bertz CT molecular complexity index is 720. The lowest BCUT2D eigenvalue weighted by Crippen LogP contribution is -2.24. The summed E-state index contributed by atoms with van der Waals surface area (Å²) in [6.45, 7) is 0.456. The van der Waals surface area contributed by atoms with E-state index in [1.165, 1.54) is 11.8 Å². The van der Waals surface area contributed by atoms with Gasteiger partial charge in [-0.15, -0.1) is 0 Å². The fraction of sp³-hybridized carbons (Fsp3) is 0.125. The van der Waals surface area contributed by atoms with Gasteiger partial charge in [0.1, 0.15) is 0 Å². The molecule has 0 saturated carbocycles. The van der Waals surface area contributed by atoms with Gasteiger partial charge in [0.25, 0.3) is 5.91 Å². The van der Waals surface area contributed by atoms with Crippen LogP contribution in [-0.4, -0.2) is 11.1 Å². The van der Waals surface area contributed by atoms with Crippen LogP contribution in [0, 0.1) is 5.41 Å². The normalized spacial score (nSPS) is 10.3. The van der Waals surface area contributed by atoms with E-state index in [1.807, 2.05) is 36.4 Å². The molecule has 4 N–H and O–H groups in total. The Morgan fingerprint density at radius 1 is 1.13 bits per heavy atom. The molecule has 0 saturated heterocycles. The fourth-order valence-corrected chi connectivity index (χ4v) is 3.11. The maximum Gasteiger partial charge on any atom is 0.251 e. The first-order valence-electron chi connectivity index (χ1n) is 6.73. The maximum atomic E-state index is 12.5. The Hall–Kier alpha value is -1.31. The maximum absolute atomic E-state index is 12.5. The molecule has 23 heavy (non-hydrogen) atoms. The monoisotopic (exact) mass is 455 g/mol. The Balaban J connectivity index is 2.09. The van der Waals surface area contributed by atoms with Gasteiger partial charge >= 0.3 is 0 Å². The number of halogens is 2. The molecule has 0 bridgehead atoms. The van der Waals surface area contributed by atoms with Crippen molar-refractivity contribution in [2.24, 2.45) is 5.73 Å². The van der Waals surface area contributed by atoms with Crippen molar-refractivity contribution >= 4 is 54.7 Å². The number of amides is 1. The molecule has 0 heterocycles. The Labute approximate surface area is 156 Å². The number of amidine groups is 1. The highest BCUT2D eigenvalue weighted by Crippen LogP contribution is 2.21. The van der Waals surface area contributed by atoms with Gasteiger partial charge in [-0.25, -0.2) is 0 Å². The second kappa shape index (κ2) is 8.52. The Morgan fingerprint density at radius 2 is 1.78 bits per heavy atom. The summed E-state index contributed by atoms with van der Waals surface area (Å²) in [5, 5.41) is 10.3. The number of carbonyl (C=O) groups excluding carboxylic acids is 1. The molecule has 0 aliphatic carbocycles. The predicted octanol–water partition coefficient (Wildman–Crippen LogP) is 4.27. The van der Waals surface area contributed by atoms with E-state index in [-0.39, 0.29) is 11.1 Å². The van der Waals surface area contributed by atoms with Crippen LogP contribution in [-0.2, 0) is 12.3 Å². The number of carbonyl (C=O) groups is 1. The van der Waals surface area contributed by atoms with E-state index >= 15 is 0 Å². The van der Waals surface area contributed by atoms with E-state index in [0.717, 1.165) is 20.1 Å². The zero-order chi connectivity index (χ0) is 16.8. The fourth-order valence-electron chi connectivity index (χ4n) is 1.92. The molecule has 0 fully saturated rings. The largest absolute Gasteiger partial charge is 0.379 e. The van der Waals surface area contributed by atoms with Crippen molar-refractivity contribution in [3.8, 4) is 0 Å². The van der Waals surface area contributed by atoms with Crippen molar-refractivity contribution < 1.29 is 4.79 Å². The Morgan fingerprint density at radius 3 is 2.43 bits per heavy atom. The van der Waals surface area contributed by atoms with Crippen LogP contribution in [0.15, 0.2) is 51.4 Å². The molecular weight excluding hydrogens is 442 g/mol. The number of nitrogens with one attached hydrogen (secondary N) is 2. The van der Waals surface area contributed by atoms with Crippen LogP contribution in [0.2, 0.25) is 0 Å². The minimum absolute atomic E-state index is 0.0362. The SMILES string of the molecule is N=C(N)SCc1ccc(Br)cc1C(=O)NCc1ccc(Br)cc1. The second-order valence-corrected chi connectivity index (χ2v) is 7.61. The third kappa shape index (κ3) is 5.67. The molecule has 1 amide bonds. The molecule has 7 heteroatoms. The molecule has 0 radical (unpaired) electrons. The first-order chi connectivity index (χ1) is 11.0. The van der Waals surface area contributed by atoms with Gasteiger partial charge in [-0.05, 0) is 35.4 Å². The van der Waals surface area contributed by atoms with Gasteiger partial charge in [0.2, 0.25) is 0 Å². The van der Waals surface area contributed by atoms with E-state index in [9.17, 15) is 4.79 Å². The minimum atomic E-state index is -0.145. The molecule has 0 atom stereocenters. The summed E-state index contributed by atoms with van der Waals surface area (Å²) in [6.07, 6.45) is 0. The van der Waals surface area contributed by atoms with Crippen molar-refractivity contribution in [2.45, 2.75) is 12.3 Å². The van der Waals surface area contributed by atoms with Gasteiger partial charge in [0.15, 0.2) is 5.17 Å². The van der Waals surface area contributed by atoms with Crippen LogP contribution in [0.5, 0.6) is 0 Å². The summed E-state index contributed by atoms with van der Waals surface area (Å²) in [7, 11) is 0. The third-order valence-corrected chi connectivity index (χ3v) is 4.85. The number of nitrogens with two attached hydrogens (primary N) is 1. The lowest BCUT2D eigenvalue weighted by molar-refractivity contribution is 0.0950. The van der Waals surface area contributed by atoms with Crippen LogP contribution in [0.25, 0.3) is 0 Å². The van der Waals surface area contributed by atoms with Crippen LogP contribution >= 0.6 is 43.6 Å². The highest BCUT2D eigenvalue weighted by molar-refractivity contribution is 9.10. The van der Waals surface area contributed by atoms with Crippen LogP contribution < -0.4 is 11.1 Å². The van der Waals surface area contributed by atoms with E-state index < -0.39 is 0 Å². The second-order valence-electron chi connectivity index (χ2n) is 4.76. The van der Waals surface area contributed by atoms with Crippen molar-refractivity contribution in [2.75, 3.05) is 0 Å². The van der Waals surface area contributed by atoms with Crippen LogP contribution in [0.4, 0.5) is 0 Å². The summed E-state index contributed by atoms with van der Waals surface area (Å²) in [6, 6.07) is 13.3. The summed E-state index contributed by atoms with van der Waals surface area (Å²) in [5.74, 6) is 0.345. The molecule has 2 aromatic carbocycles. The van der Waals surface area contributed by atoms with Gasteiger partial charge in [-0.2, -0.15) is 0 Å². The lowest BCUT2D eigenvalue weighted by Gasteiger charge is -2.11. The molecule has 0 aliphatic heterocycles. The standard InChI is InChI=1S/C16H15Br2N3OS/c17-12-4-1-10(2-5-12)8-21-15(22)14-7-13(18)6-3-11(14)9-23-16(19)20/h1-7H,8-9H2,(H3,19,20)(H,21,22). The van der Waals surface area contributed by atoms with Crippen molar-refractivity contribution in [3.63, 3.8) is 0 Å². The average Bonchev–Trinajstić information content (AvgIpc) is 2.52. The molecule has 0 aliphatic rings. The molecular formula is C16H15Br2N3OS. The zero-order valence-electron chi connectivity index (χ0n) is 12.1. The van der Waals surface area contributed by atoms with E-state index in [0.29, 0.717) is 17.9 Å². The molecule has 0 spiro atoms. The zero-order valence-corrected chi connectivity index (χ0v) is 16.1. The smallest absolute Gasteiger partial charge is 0.251 e. The number of benzene rings is 2. The molecule has 0 aromatic heterocycles. The highest BCUT2D eigenvalue weighted by atomic mass is 79.9. The van der Waals surface area contributed by atoms with Crippen LogP contribution in [0.1, 0.15) is 21.5 Å². The Kier molecular flexibility index (Phi) is 6.68. The summed E-state index contributed by atoms with van der Waals surface area (Å²) in [5.41, 5.74) is 7.84. The first kappa shape index (κ1) is 18.0. The molecule has 120 valence electrons. The molecule has 2 aromatic rings. The van der Waals surface area contributed by atoms with Gasteiger partial charge in [0, 0.05) is 26.8 Å². The predicted molar refractivity (Wildman–Crippen MR) is 103 cm³/mol. The summed E-state index contributed by atoms with van der Waals surface area (Å²) >= 11 is 7.97. The number of thioether (sulfide) groups is 1. The van der Waals surface area contributed by atoms with Gasteiger partial charge in [-0.1, -0.05) is 61.8 Å². The average molecular weight is 457 g/mol.